The molecule has 0 aromatic heterocycles. The lowest BCUT2D eigenvalue weighted by Crippen LogP contribution is -2.36. The Labute approximate surface area is 105 Å². The number of hydrogen-bond acceptors (Lipinski definition) is 4. The zero-order chi connectivity index (χ0) is 13.1. The molecule has 0 aliphatic carbocycles. The number of carbonyl (C=O) groups is 1. The molecule has 0 bridgehead atoms. The summed E-state index contributed by atoms with van der Waals surface area (Å²) in [7, 11) is 0. The maximum absolute atomic E-state index is 12.0. The highest BCUT2D eigenvalue weighted by molar-refractivity contribution is 5.98. The van der Waals surface area contributed by atoms with Gasteiger partial charge in [-0.05, 0) is 31.5 Å². The van der Waals surface area contributed by atoms with Gasteiger partial charge in [-0.25, -0.2) is 0 Å². The van der Waals surface area contributed by atoms with Crippen LogP contribution in [0.15, 0.2) is 18.2 Å². The predicted molar refractivity (Wildman–Crippen MR) is 66.6 cm³/mol. The van der Waals surface area contributed by atoms with Crippen LogP contribution in [0.5, 0.6) is 0 Å². The summed E-state index contributed by atoms with van der Waals surface area (Å²) in [5, 5.41) is 16.8. The Bertz CT molecular complexity index is 481. The van der Waals surface area contributed by atoms with Crippen LogP contribution < -0.4 is 10.6 Å². The van der Waals surface area contributed by atoms with Crippen molar-refractivity contribution in [2.24, 2.45) is 0 Å². The second-order valence-corrected chi connectivity index (χ2v) is 4.44. The molecule has 0 radical (unpaired) electrons. The third kappa shape index (κ3) is 2.65. The van der Waals surface area contributed by atoms with E-state index in [1.165, 1.54) is 6.07 Å². The lowest BCUT2D eigenvalue weighted by molar-refractivity contribution is -0.385. The van der Waals surface area contributed by atoms with Crippen LogP contribution in [0.3, 0.4) is 0 Å². The second-order valence-electron chi connectivity index (χ2n) is 4.44. The van der Waals surface area contributed by atoms with Gasteiger partial charge in [-0.1, -0.05) is 6.07 Å². The van der Waals surface area contributed by atoms with Gasteiger partial charge in [0, 0.05) is 18.7 Å². The number of nitro groups is 1. The quantitative estimate of drug-likeness (QED) is 0.618. The lowest BCUT2D eigenvalue weighted by Gasteiger charge is -2.11. The van der Waals surface area contributed by atoms with Crippen molar-refractivity contribution in [3.8, 4) is 0 Å². The molecule has 1 aromatic rings. The monoisotopic (exact) mass is 249 g/mol. The summed E-state index contributed by atoms with van der Waals surface area (Å²) in [5.74, 6) is -0.376. The third-order valence-electron chi connectivity index (χ3n) is 2.99. The molecule has 1 aliphatic heterocycles. The fourth-order valence-electron chi connectivity index (χ4n) is 2.03. The second kappa shape index (κ2) is 5.14. The van der Waals surface area contributed by atoms with Crippen molar-refractivity contribution in [2.75, 3.05) is 13.1 Å². The summed E-state index contributed by atoms with van der Waals surface area (Å²) in [5.41, 5.74) is 0.811. The van der Waals surface area contributed by atoms with Gasteiger partial charge >= 0.3 is 0 Å². The van der Waals surface area contributed by atoms with Crippen LogP contribution in [-0.4, -0.2) is 30.0 Å². The van der Waals surface area contributed by atoms with Crippen LogP contribution in [0.2, 0.25) is 0 Å². The van der Waals surface area contributed by atoms with Gasteiger partial charge in [-0.3, -0.25) is 14.9 Å². The number of nitrogens with zero attached hydrogens (tertiary/aromatic N) is 1. The highest BCUT2D eigenvalue weighted by Gasteiger charge is 2.23. The van der Waals surface area contributed by atoms with Crippen LogP contribution in [0, 0.1) is 17.0 Å². The maximum atomic E-state index is 12.0. The predicted octanol–water partition coefficient (Wildman–Crippen LogP) is 0.995. The van der Waals surface area contributed by atoms with Crippen molar-refractivity contribution in [1.29, 1.82) is 0 Å². The van der Waals surface area contributed by atoms with Crippen LogP contribution in [0.4, 0.5) is 5.69 Å². The van der Waals surface area contributed by atoms with Crippen molar-refractivity contribution in [3.63, 3.8) is 0 Å². The zero-order valence-corrected chi connectivity index (χ0v) is 10.1. The van der Waals surface area contributed by atoms with Gasteiger partial charge in [0.05, 0.1) is 4.92 Å². The number of nitro benzene ring substituents is 1. The third-order valence-corrected chi connectivity index (χ3v) is 2.99. The Morgan fingerprint density at radius 2 is 2.33 bits per heavy atom. The molecule has 1 fully saturated rings. The average Bonchev–Trinajstić information content (AvgIpc) is 2.81. The van der Waals surface area contributed by atoms with Crippen LogP contribution >= 0.6 is 0 Å². The van der Waals surface area contributed by atoms with Crippen molar-refractivity contribution < 1.29 is 9.72 Å². The Balaban J connectivity index is 2.22. The van der Waals surface area contributed by atoms with Crippen molar-refractivity contribution >= 4 is 11.6 Å². The van der Waals surface area contributed by atoms with Crippen LogP contribution in [0.25, 0.3) is 0 Å². The van der Waals surface area contributed by atoms with Gasteiger partial charge in [0.25, 0.3) is 11.6 Å². The first-order chi connectivity index (χ1) is 8.58. The van der Waals surface area contributed by atoms with Gasteiger partial charge < -0.3 is 10.6 Å². The van der Waals surface area contributed by atoms with E-state index in [0.717, 1.165) is 18.5 Å². The molecule has 96 valence electrons. The fraction of sp³-hybridized carbons (Fsp3) is 0.417. The molecule has 18 heavy (non-hydrogen) atoms. The number of amides is 1. The SMILES string of the molecule is Cc1ccc([N+](=O)[O-])c(C(=O)N[C@@H]2CCNC2)c1. The molecule has 1 amide bonds. The van der Waals surface area contributed by atoms with E-state index < -0.39 is 4.92 Å². The molecule has 1 atom stereocenters. The number of aryl methyl sites for hydroxylation is 1. The minimum atomic E-state index is -0.527. The van der Waals surface area contributed by atoms with Crippen molar-refractivity contribution in [3.05, 3.63) is 39.4 Å². The zero-order valence-electron chi connectivity index (χ0n) is 10.1. The Kier molecular flexibility index (Phi) is 3.57. The Morgan fingerprint density at radius 1 is 1.56 bits per heavy atom. The number of rotatable bonds is 3. The van der Waals surface area contributed by atoms with Gasteiger partial charge in [0.2, 0.25) is 0 Å². The molecule has 6 heteroatoms. The lowest BCUT2D eigenvalue weighted by atomic mass is 10.1. The van der Waals surface area contributed by atoms with Crippen LogP contribution in [-0.2, 0) is 0 Å². The number of nitrogens with one attached hydrogen (secondary N) is 2. The molecule has 0 saturated carbocycles. The molecule has 1 aliphatic rings. The highest BCUT2D eigenvalue weighted by atomic mass is 16.6. The summed E-state index contributed by atoms with van der Waals surface area (Å²) in [6.45, 7) is 3.38. The van der Waals surface area contributed by atoms with E-state index in [1.807, 2.05) is 0 Å². The van der Waals surface area contributed by atoms with E-state index in [1.54, 1.807) is 19.1 Å². The summed E-state index contributed by atoms with van der Waals surface area (Å²) in [6, 6.07) is 4.61. The fourth-order valence-corrected chi connectivity index (χ4v) is 2.03. The molecule has 0 unspecified atom stereocenters. The van der Waals surface area contributed by atoms with Gasteiger partial charge in [0.1, 0.15) is 5.56 Å². The van der Waals surface area contributed by atoms with Gasteiger partial charge in [-0.2, -0.15) is 0 Å². The van der Waals surface area contributed by atoms with E-state index in [4.69, 9.17) is 0 Å². The molecule has 2 N–H and O–H groups in total. The maximum Gasteiger partial charge on any atom is 0.282 e. The Hall–Kier alpha value is -1.95. The van der Waals surface area contributed by atoms with Gasteiger partial charge in [0.15, 0.2) is 0 Å². The van der Waals surface area contributed by atoms with E-state index in [9.17, 15) is 14.9 Å². The standard InChI is InChI=1S/C12H15N3O3/c1-8-2-3-11(15(17)18)10(6-8)12(16)14-9-4-5-13-7-9/h2-3,6,9,13H,4-5,7H2,1H3,(H,14,16)/t9-/m1/s1. The summed E-state index contributed by atoms with van der Waals surface area (Å²) in [6.07, 6.45) is 0.853. The molecule has 1 heterocycles. The molecule has 1 aromatic carbocycles. The topological polar surface area (TPSA) is 84.3 Å². The largest absolute Gasteiger partial charge is 0.348 e. The summed E-state index contributed by atoms with van der Waals surface area (Å²) < 4.78 is 0. The molecule has 2 rings (SSSR count). The molecule has 0 spiro atoms. The highest BCUT2D eigenvalue weighted by Crippen LogP contribution is 2.20. The van der Waals surface area contributed by atoms with E-state index in [-0.39, 0.29) is 23.2 Å². The van der Waals surface area contributed by atoms with E-state index >= 15 is 0 Å². The minimum absolute atomic E-state index is 0.0533. The minimum Gasteiger partial charge on any atom is -0.348 e. The molecular formula is C12H15N3O3. The number of carbonyl (C=O) groups excluding carboxylic acids is 1. The molecule has 6 nitrogen and oxygen atoms in total. The average molecular weight is 249 g/mol. The van der Waals surface area contributed by atoms with Crippen LogP contribution in [0.1, 0.15) is 22.3 Å². The summed E-state index contributed by atoms with van der Waals surface area (Å²) >= 11 is 0. The van der Waals surface area contributed by atoms with E-state index in [0.29, 0.717) is 6.54 Å². The van der Waals surface area contributed by atoms with Crippen molar-refractivity contribution in [1.82, 2.24) is 10.6 Å². The summed E-state index contributed by atoms with van der Waals surface area (Å²) in [4.78, 5) is 22.4. The normalized spacial score (nSPS) is 18.6. The smallest absolute Gasteiger partial charge is 0.282 e. The first-order valence-corrected chi connectivity index (χ1v) is 5.84. The van der Waals surface area contributed by atoms with E-state index in [2.05, 4.69) is 10.6 Å². The number of benzene rings is 1. The first kappa shape index (κ1) is 12.5. The van der Waals surface area contributed by atoms with Gasteiger partial charge in [-0.15, -0.1) is 0 Å². The molecule has 1 saturated heterocycles. The van der Waals surface area contributed by atoms with Crippen molar-refractivity contribution in [2.45, 2.75) is 19.4 Å². The number of hydrogen-bond donors (Lipinski definition) is 2. The molecular weight excluding hydrogens is 234 g/mol. The first-order valence-electron chi connectivity index (χ1n) is 5.84. The Morgan fingerprint density at radius 3 is 2.94 bits per heavy atom.